The quantitative estimate of drug-likeness (QED) is 0.136. The number of nitrogens with zero attached hydrogens (tertiary/aromatic N) is 3. The molecular formula is C47H67F3N6O7. The van der Waals surface area contributed by atoms with Crippen LogP contribution in [0.4, 0.5) is 13.2 Å². The minimum atomic E-state index is -5.08. The summed E-state index contributed by atoms with van der Waals surface area (Å²) in [6.45, 7) is 19.3. The summed E-state index contributed by atoms with van der Waals surface area (Å²) >= 11 is 0. The third-order valence-corrected chi connectivity index (χ3v) is 11.8. The van der Waals surface area contributed by atoms with Crippen LogP contribution in [0.25, 0.3) is 0 Å². The third kappa shape index (κ3) is 13.9. The maximum absolute atomic E-state index is 14.3. The van der Waals surface area contributed by atoms with Gasteiger partial charge in [0.2, 0.25) is 29.5 Å². The van der Waals surface area contributed by atoms with Gasteiger partial charge in [0.1, 0.15) is 12.1 Å². The molecular weight excluding hydrogens is 818 g/mol. The van der Waals surface area contributed by atoms with E-state index in [0.717, 1.165) is 29.7 Å². The molecule has 2 aromatic carbocycles. The van der Waals surface area contributed by atoms with Gasteiger partial charge >= 0.3 is 12.1 Å². The molecule has 0 unspecified atom stereocenters. The molecule has 0 radical (unpaired) electrons. The summed E-state index contributed by atoms with van der Waals surface area (Å²) in [5, 5.41) is 16.2. The number of alkyl halides is 3. The summed E-state index contributed by atoms with van der Waals surface area (Å²) in [7, 11) is 3.45. The lowest BCUT2D eigenvalue weighted by Crippen LogP contribution is -2.61. The van der Waals surface area contributed by atoms with E-state index in [1.807, 2.05) is 104 Å². The zero-order chi connectivity index (χ0) is 47.6. The number of hydrogen-bond donors (Lipinski definition) is 4. The van der Waals surface area contributed by atoms with Gasteiger partial charge in [-0.05, 0) is 75.6 Å². The zero-order valence-corrected chi connectivity index (χ0v) is 38.6. The number of likely N-dealkylation sites (tertiary alicyclic amines) is 2. The lowest BCUT2D eigenvalue weighted by molar-refractivity contribution is -0.192. The molecule has 0 aromatic heterocycles. The van der Waals surface area contributed by atoms with Crippen molar-refractivity contribution in [3.05, 3.63) is 82.9 Å². The molecule has 2 heterocycles. The second-order valence-electron chi connectivity index (χ2n) is 18.6. The molecule has 4 N–H and O–H groups in total. The Morgan fingerprint density at radius 3 is 2.00 bits per heavy atom. The number of amides is 5. The van der Waals surface area contributed by atoms with Crippen molar-refractivity contribution >= 4 is 35.5 Å². The Kier molecular flexibility index (Phi) is 18.3. The van der Waals surface area contributed by atoms with Crippen LogP contribution in [-0.2, 0) is 40.7 Å². The highest BCUT2D eigenvalue weighted by Crippen LogP contribution is 2.32. The molecule has 0 saturated carbocycles. The molecule has 63 heavy (non-hydrogen) atoms. The lowest BCUT2D eigenvalue weighted by atomic mass is 9.76. The standard InChI is InChI=1S/C45H66N6O5.C2HF3O2/c1-29(2)34(47-41(54)38(44(5,6)7)49(11)43(56)37(46-10)45(8,9)33-21-15-18-30(3)26-33)27-31(4)42(55)51-25-17-23-36(51)40(53)48-39(52)35-22-16-24-50(35)28-32-19-13-12-14-20-32;3-2(4,5)1(6)7/h12-15,18-21,26-27,29,34-38,46H,16-17,22-25,28H2,1-11H3,(H,47,54)(H,48,52,53);(H,6,7)/b31-27+;/t34-,35-,36-,37-,38-;/m1./s1. The maximum Gasteiger partial charge on any atom is 0.490 e. The number of halogens is 3. The van der Waals surface area contributed by atoms with Gasteiger partial charge in [-0.25, -0.2) is 4.79 Å². The first-order valence-corrected chi connectivity index (χ1v) is 21.5. The second kappa shape index (κ2) is 22.0. The van der Waals surface area contributed by atoms with Crippen molar-refractivity contribution in [2.24, 2.45) is 11.3 Å². The fourth-order valence-corrected chi connectivity index (χ4v) is 8.40. The van der Waals surface area contributed by atoms with Gasteiger partial charge in [-0.3, -0.25) is 34.2 Å². The predicted octanol–water partition coefficient (Wildman–Crippen LogP) is 5.75. The topological polar surface area (TPSA) is 168 Å². The first kappa shape index (κ1) is 52.3. The summed E-state index contributed by atoms with van der Waals surface area (Å²) in [6.07, 6.45) is -0.687. The molecule has 13 nitrogen and oxygen atoms in total. The molecule has 16 heteroatoms. The molecule has 0 spiro atoms. The minimum Gasteiger partial charge on any atom is -0.475 e. The van der Waals surface area contributed by atoms with E-state index in [0.29, 0.717) is 37.9 Å². The molecule has 4 rings (SSSR count). The molecule has 2 aliphatic heterocycles. The van der Waals surface area contributed by atoms with Crippen molar-refractivity contribution in [1.29, 1.82) is 0 Å². The van der Waals surface area contributed by atoms with E-state index in [-0.39, 0.29) is 29.5 Å². The monoisotopic (exact) mass is 885 g/mol. The highest BCUT2D eigenvalue weighted by molar-refractivity contribution is 6.03. The number of carboxylic acid groups (broad SMARTS) is 1. The van der Waals surface area contributed by atoms with Gasteiger partial charge in [0, 0.05) is 31.1 Å². The number of carbonyl (C=O) groups excluding carboxylic acids is 5. The number of aliphatic carboxylic acids is 1. The lowest BCUT2D eigenvalue weighted by Gasteiger charge is -2.42. The van der Waals surface area contributed by atoms with E-state index in [9.17, 15) is 37.1 Å². The van der Waals surface area contributed by atoms with Crippen LogP contribution in [0.1, 0.15) is 97.8 Å². The van der Waals surface area contributed by atoms with Crippen LogP contribution < -0.4 is 16.0 Å². The number of likely N-dealkylation sites (N-methyl/N-ethyl adjacent to an activating group) is 2. The van der Waals surface area contributed by atoms with E-state index >= 15 is 0 Å². The van der Waals surface area contributed by atoms with Gasteiger partial charge in [-0.15, -0.1) is 0 Å². The molecule has 5 atom stereocenters. The molecule has 2 saturated heterocycles. The number of nitrogens with one attached hydrogen (secondary N) is 3. The van der Waals surface area contributed by atoms with E-state index in [1.54, 1.807) is 36.9 Å². The molecule has 2 fully saturated rings. The highest BCUT2D eigenvalue weighted by atomic mass is 19.4. The number of aryl methyl sites for hydroxylation is 1. The Balaban J connectivity index is 0.00000139. The number of carbonyl (C=O) groups is 6. The Hall–Kier alpha value is -5.09. The van der Waals surface area contributed by atoms with Crippen molar-refractivity contribution in [1.82, 2.24) is 30.7 Å². The number of rotatable bonds is 14. The van der Waals surface area contributed by atoms with E-state index in [2.05, 4.69) is 26.9 Å². The molecule has 5 amide bonds. The van der Waals surface area contributed by atoms with Crippen LogP contribution in [0.3, 0.4) is 0 Å². The largest absolute Gasteiger partial charge is 0.490 e. The van der Waals surface area contributed by atoms with Gasteiger partial charge in [0.15, 0.2) is 0 Å². The number of carboxylic acids is 1. The summed E-state index contributed by atoms with van der Waals surface area (Å²) in [6, 6.07) is 15.0. The fourth-order valence-electron chi connectivity index (χ4n) is 8.40. The van der Waals surface area contributed by atoms with Crippen molar-refractivity contribution in [3.63, 3.8) is 0 Å². The Labute approximate surface area is 370 Å². The average Bonchev–Trinajstić information content (AvgIpc) is 3.88. The van der Waals surface area contributed by atoms with Gasteiger partial charge in [0.05, 0.1) is 18.1 Å². The van der Waals surface area contributed by atoms with Gasteiger partial charge in [0.25, 0.3) is 0 Å². The van der Waals surface area contributed by atoms with Gasteiger partial charge in [-0.2, -0.15) is 13.2 Å². The molecule has 0 aliphatic carbocycles. The number of imide groups is 1. The van der Waals surface area contributed by atoms with Crippen LogP contribution in [-0.4, -0.2) is 119 Å². The zero-order valence-electron chi connectivity index (χ0n) is 38.6. The number of hydrogen-bond acceptors (Lipinski definition) is 8. The van der Waals surface area contributed by atoms with Crippen LogP contribution in [0.5, 0.6) is 0 Å². The first-order valence-electron chi connectivity index (χ1n) is 21.5. The van der Waals surface area contributed by atoms with Crippen molar-refractivity contribution in [2.75, 3.05) is 27.2 Å². The first-order chi connectivity index (χ1) is 29.2. The normalized spacial score (nSPS) is 18.8. The Bertz CT molecular complexity index is 1960. The Morgan fingerprint density at radius 1 is 0.889 bits per heavy atom. The maximum atomic E-state index is 14.3. The molecule has 0 bridgehead atoms. The predicted molar refractivity (Wildman–Crippen MR) is 235 cm³/mol. The average molecular weight is 885 g/mol. The summed E-state index contributed by atoms with van der Waals surface area (Å²) < 4.78 is 31.7. The minimum absolute atomic E-state index is 0.0887. The summed E-state index contributed by atoms with van der Waals surface area (Å²) in [5.74, 6) is -4.46. The molecule has 2 aromatic rings. The van der Waals surface area contributed by atoms with Crippen molar-refractivity contribution < 1.29 is 47.0 Å². The fraction of sp³-hybridized carbons (Fsp3) is 0.574. The van der Waals surface area contributed by atoms with Crippen LogP contribution in [0.2, 0.25) is 0 Å². The second-order valence-corrected chi connectivity index (χ2v) is 18.6. The van der Waals surface area contributed by atoms with Crippen molar-refractivity contribution in [2.45, 2.75) is 136 Å². The summed E-state index contributed by atoms with van der Waals surface area (Å²) in [5.41, 5.74) is 2.42. The summed E-state index contributed by atoms with van der Waals surface area (Å²) in [4.78, 5) is 83.5. The number of benzene rings is 2. The highest BCUT2D eigenvalue weighted by Gasteiger charge is 2.44. The smallest absolute Gasteiger partial charge is 0.475 e. The van der Waals surface area contributed by atoms with Gasteiger partial charge in [-0.1, -0.05) is 115 Å². The third-order valence-electron chi connectivity index (χ3n) is 11.8. The van der Waals surface area contributed by atoms with Crippen LogP contribution >= 0.6 is 0 Å². The Morgan fingerprint density at radius 2 is 1.46 bits per heavy atom. The SMILES string of the molecule is CN[C@H](C(=O)N(C)[C@H](C(=O)N[C@H](/C=C(\C)C(=O)N1CCC[C@@H]1C(=O)NC(=O)[C@H]1CCCN1Cc1ccccc1)C(C)C)C(C)(C)C)C(C)(C)c1cccc(C)c1.O=C(O)C(F)(F)F. The van der Waals surface area contributed by atoms with Gasteiger partial charge < -0.3 is 25.5 Å². The molecule has 348 valence electrons. The molecule has 2 aliphatic rings. The van der Waals surface area contributed by atoms with Crippen LogP contribution in [0, 0.1) is 18.3 Å². The van der Waals surface area contributed by atoms with E-state index < -0.39 is 59.1 Å². The van der Waals surface area contributed by atoms with E-state index in [4.69, 9.17) is 9.90 Å². The van der Waals surface area contributed by atoms with Crippen molar-refractivity contribution in [3.8, 4) is 0 Å². The van der Waals surface area contributed by atoms with Crippen LogP contribution in [0.15, 0.2) is 66.2 Å². The van der Waals surface area contributed by atoms with E-state index in [1.165, 1.54) is 0 Å².